The Balaban J connectivity index is 1.04. The first-order valence-corrected chi connectivity index (χ1v) is 14.2. The Labute approximate surface area is 228 Å². The first-order chi connectivity index (χ1) is 18.9. The average molecular weight is 535 g/mol. The summed E-state index contributed by atoms with van der Waals surface area (Å²) in [7, 11) is 0. The number of carbonyl (C=O) groups excluding carboxylic acids is 1. The first kappa shape index (κ1) is 26.3. The Morgan fingerprint density at radius 3 is 2.77 bits per heavy atom. The van der Waals surface area contributed by atoms with Crippen LogP contribution >= 0.6 is 0 Å². The van der Waals surface area contributed by atoms with Gasteiger partial charge in [-0.05, 0) is 55.7 Å². The van der Waals surface area contributed by atoms with Gasteiger partial charge in [0, 0.05) is 54.8 Å². The van der Waals surface area contributed by atoms with Crippen LogP contribution in [-0.2, 0) is 20.9 Å². The molecule has 10 heteroatoms. The van der Waals surface area contributed by atoms with E-state index in [-0.39, 0.29) is 24.0 Å². The average Bonchev–Trinajstić information content (AvgIpc) is 3.51. The lowest BCUT2D eigenvalue weighted by atomic mass is 9.77. The number of rotatable bonds is 8. The van der Waals surface area contributed by atoms with Gasteiger partial charge in [-0.1, -0.05) is 13.8 Å². The van der Waals surface area contributed by atoms with Crippen molar-refractivity contribution >= 4 is 17.2 Å². The van der Waals surface area contributed by atoms with E-state index in [0.29, 0.717) is 36.3 Å². The summed E-state index contributed by atoms with van der Waals surface area (Å²) in [5, 5.41) is 17.5. The highest BCUT2D eigenvalue weighted by Crippen LogP contribution is 2.36. The highest BCUT2D eigenvalue weighted by atomic mass is 16.5. The molecule has 4 heterocycles. The summed E-state index contributed by atoms with van der Waals surface area (Å²) < 4.78 is 13.2. The van der Waals surface area contributed by atoms with E-state index in [4.69, 9.17) is 9.47 Å². The number of carbonyl (C=O) groups is 1. The maximum absolute atomic E-state index is 12.9. The third kappa shape index (κ3) is 5.70. The topological polar surface area (TPSA) is 114 Å². The molecule has 2 saturated carbocycles. The molecule has 3 atom stereocenters. The number of amides is 1. The van der Waals surface area contributed by atoms with Crippen molar-refractivity contribution in [3.05, 3.63) is 42.6 Å². The number of morpholine rings is 1. The van der Waals surface area contributed by atoms with Gasteiger partial charge >= 0.3 is 0 Å². The molecule has 1 saturated heterocycles. The zero-order chi connectivity index (χ0) is 26.9. The van der Waals surface area contributed by atoms with Crippen molar-refractivity contribution in [3.63, 3.8) is 0 Å². The molecular weight excluding hydrogens is 496 g/mol. The van der Waals surface area contributed by atoms with Crippen molar-refractivity contribution in [2.75, 3.05) is 25.1 Å². The van der Waals surface area contributed by atoms with E-state index in [9.17, 15) is 9.90 Å². The fourth-order valence-electron chi connectivity index (χ4n) is 6.06. The molecule has 10 nitrogen and oxygen atoms in total. The van der Waals surface area contributed by atoms with Gasteiger partial charge in [-0.25, -0.2) is 14.5 Å². The molecule has 1 aliphatic heterocycles. The van der Waals surface area contributed by atoms with Crippen molar-refractivity contribution in [2.24, 2.45) is 11.8 Å². The molecule has 1 amide bonds. The molecule has 3 aromatic heterocycles. The molecule has 0 unspecified atom stereocenters. The Bertz CT molecular complexity index is 1290. The van der Waals surface area contributed by atoms with Gasteiger partial charge in [0.15, 0.2) is 11.6 Å². The van der Waals surface area contributed by atoms with E-state index >= 15 is 0 Å². The molecule has 3 fully saturated rings. The van der Waals surface area contributed by atoms with Gasteiger partial charge in [0.2, 0.25) is 5.91 Å². The van der Waals surface area contributed by atoms with Gasteiger partial charge in [0.25, 0.3) is 0 Å². The molecule has 0 bridgehead atoms. The van der Waals surface area contributed by atoms with Crippen LogP contribution in [0, 0.1) is 11.8 Å². The zero-order valence-corrected chi connectivity index (χ0v) is 22.7. The van der Waals surface area contributed by atoms with Gasteiger partial charge in [-0.2, -0.15) is 5.10 Å². The summed E-state index contributed by atoms with van der Waals surface area (Å²) in [5.74, 6) is 1.75. The number of anilines is 1. The van der Waals surface area contributed by atoms with E-state index < -0.39 is 0 Å². The first-order valence-electron chi connectivity index (χ1n) is 14.2. The van der Waals surface area contributed by atoms with Crippen LogP contribution in [0.25, 0.3) is 16.6 Å². The number of ether oxygens (including phenoxy) is 2. The number of aliphatic hydroxyl groups excluding tert-OH is 1. The molecule has 2 N–H and O–H groups in total. The van der Waals surface area contributed by atoms with Crippen molar-refractivity contribution in [1.82, 2.24) is 24.5 Å². The number of hydrogen-bond acceptors (Lipinski definition) is 8. The van der Waals surface area contributed by atoms with E-state index in [0.717, 1.165) is 68.5 Å². The van der Waals surface area contributed by atoms with E-state index in [1.165, 1.54) is 0 Å². The summed E-state index contributed by atoms with van der Waals surface area (Å²) in [6, 6.07) is 6.75. The summed E-state index contributed by atoms with van der Waals surface area (Å²) in [6.07, 6.45) is 9.36. The van der Waals surface area contributed by atoms with Crippen LogP contribution in [0.5, 0.6) is 0 Å². The summed E-state index contributed by atoms with van der Waals surface area (Å²) in [5.41, 5.74) is 2.73. The zero-order valence-electron chi connectivity index (χ0n) is 22.7. The minimum Gasteiger partial charge on any atom is -0.390 e. The van der Waals surface area contributed by atoms with Gasteiger partial charge in [-0.15, -0.1) is 0 Å². The Kier molecular flexibility index (Phi) is 7.61. The van der Waals surface area contributed by atoms with Gasteiger partial charge < -0.3 is 19.9 Å². The Morgan fingerprint density at radius 2 is 2.03 bits per heavy atom. The van der Waals surface area contributed by atoms with Crippen LogP contribution in [0.2, 0.25) is 0 Å². The quantitative estimate of drug-likeness (QED) is 0.453. The maximum atomic E-state index is 12.9. The standard InChI is InChI=1S/C29H38N6O4/c1-18(2)24-16-38-9-8-34(24)22-11-20(12-22)29(37)32-27-13-23-10-19(6-7-35(23)33-27)21-14-30-28(31-15-21)17-39-26-5-3-4-25(26)36/h6-7,10,13-15,18,20,22,24-26,36H,3-5,8-9,11-12,16-17H2,1-2H3,(H,32,33,37)/t20?,22?,24-,25+,26+/m1/s1. The third-order valence-corrected chi connectivity index (χ3v) is 8.53. The maximum Gasteiger partial charge on any atom is 0.228 e. The number of nitrogens with zero attached hydrogens (tertiary/aromatic N) is 5. The van der Waals surface area contributed by atoms with Crippen LogP contribution in [-0.4, -0.2) is 79.5 Å². The molecule has 0 spiro atoms. The SMILES string of the molecule is CC(C)[C@H]1COCCN1C1CC(C(=O)Nc2cc3cc(-c4cnc(CO[C@H]5CCC[C@@H]5O)nc4)ccn3n2)C1. The van der Waals surface area contributed by atoms with Crippen LogP contribution in [0.1, 0.15) is 51.8 Å². The molecule has 208 valence electrons. The Hall–Kier alpha value is -2.92. The number of pyridine rings is 1. The molecule has 2 aliphatic carbocycles. The summed E-state index contributed by atoms with van der Waals surface area (Å²) in [6.45, 7) is 7.28. The molecule has 6 rings (SSSR count). The van der Waals surface area contributed by atoms with Crippen LogP contribution in [0.3, 0.4) is 0 Å². The lowest BCUT2D eigenvalue weighted by molar-refractivity contribution is -0.128. The lowest BCUT2D eigenvalue weighted by Crippen LogP contribution is -2.58. The van der Waals surface area contributed by atoms with E-state index in [1.54, 1.807) is 16.9 Å². The van der Waals surface area contributed by atoms with Gasteiger partial charge in [-0.3, -0.25) is 9.69 Å². The van der Waals surface area contributed by atoms with Gasteiger partial charge in [0.05, 0.1) is 30.9 Å². The lowest BCUT2D eigenvalue weighted by Gasteiger charge is -2.48. The van der Waals surface area contributed by atoms with Crippen molar-refractivity contribution < 1.29 is 19.4 Å². The molecule has 0 aromatic carbocycles. The van der Waals surface area contributed by atoms with E-state index in [1.807, 2.05) is 24.4 Å². The van der Waals surface area contributed by atoms with Crippen molar-refractivity contribution in [1.29, 1.82) is 0 Å². The smallest absolute Gasteiger partial charge is 0.228 e. The number of fused-ring (bicyclic) bond motifs is 1. The molecule has 0 radical (unpaired) electrons. The van der Waals surface area contributed by atoms with Gasteiger partial charge in [0.1, 0.15) is 6.61 Å². The van der Waals surface area contributed by atoms with Crippen molar-refractivity contribution in [3.8, 4) is 11.1 Å². The predicted molar refractivity (Wildman–Crippen MR) is 146 cm³/mol. The molecule has 3 aliphatic rings. The van der Waals surface area contributed by atoms with Crippen LogP contribution in [0.15, 0.2) is 36.8 Å². The second kappa shape index (κ2) is 11.3. The Morgan fingerprint density at radius 1 is 1.21 bits per heavy atom. The third-order valence-electron chi connectivity index (χ3n) is 8.53. The molecular formula is C29H38N6O4. The molecule has 39 heavy (non-hydrogen) atoms. The highest BCUT2D eigenvalue weighted by molar-refractivity contribution is 5.93. The number of hydrogen-bond donors (Lipinski definition) is 2. The highest BCUT2D eigenvalue weighted by Gasteiger charge is 2.42. The fourth-order valence-corrected chi connectivity index (χ4v) is 6.06. The fraction of sp³-hybridized carbons (Fsp3) is 0.586. The predicted octanol–water partition coefficient (Wildman–Crippen LogP) is 3.30. The van der Waals surface area contributed by atoms with Crippen LogP contribution < -0.4 is 5.32 Å². The summed E-state index contributed by atoms with van der Waals surface area (Å²) in [4.78, 5) is 24.4. The number of aliphatic hydroxyl groups is 1. The number of nitrogens with one attached hydrogen (secondary N) is 1. The summed E-state index contributed by atoms with van der Waals surface area (Å²) >= 11 is 0. The second-order valence-corrected chi connectivity index (χ2v) is 11.5. The van der Waals surface area contributed by atoms with E-state index in [2.05, 4.69) is 39.1 Å². The number of aromatic nitrogens is 4. The van der Waals surface area contributed by atoms with Crippen molar-refractivity contribution in [2.45, 2.75) is 76.9 Å². The molecule has 3 aromatic rings. The minimum atomic E-state index is -0.389. The minimum absolute atomic E-state index is 0.0163. The normalized spacial score (nSPS) is 27.6. The largest absolute Gasteiger partial charge is 0.390 e. The van der Waals surface area contributed by atoms with Crippen LogP contribution in [0.4, 0.5) is 5.82 Å². The monoisotopic (exact) mass is 534 g/mol. The second-order valence-electron chi connectivity index (χ2n) is 11.5.